The minimum absolute atomic E-state index is 0.419. The topological polar surface area (TPSA) is 37.4 Å². The highest BCUT2D eigenvalue weighted by Gasteiger charge is 2.28. The van der Waals surface area contributed by atoms with Crippen LogP contribution in [0.1, 0.15) is 20.3 Å². The summed E-state index contributed by atoms with van der Waals surface area (Å²) in [4.78, 5) is 0. The van der Waals surface area contributed by atoms with Crippen LogP contribution in [0.5, 0.6) is 0 Å². The average molecular weight is 212 g/mol. The van der Waals surface area contributed by atoms with Crippen molar-refractivity contribution in [3.8, 4) is 0 Å². The third kappa shape index (κ3) is 2.61. The summed E-state index contributed by atoms with van der Waals surface area (Å²) in [6.45, 7) is 5.22. The van der Waals surface area contributed by atoms with Crippen molar-refractivity contribution in [2.75, 3.05) is 13.1 Å². The third-order valence-corrected chi connectivity index (χ3v) is 3.64. The molecular weight excluding hydrogens is 198 g/mol. The van der Waals surface area contributed by atoms with Crippen molar-refractivity contribution in [2.45, 2.75) is 20.3 Å². The minimum Gasteiger partial charge on any atom is -0.195 e. The molecule has 0 N–H and O–H groups in total. The number of nitrogens with zero attached hydrogens (tertiary/aromatic N) is 1. The standard InChI is InChI=1S/C7H14ClNO2S/c1-6-3-7(2)5-9(4-6)12(8,10)11/h6-7H,3-5H2,1-2H3/t6-,7-/m1/s1. The van der Waals surface area contributed by atoms with Crippen LogP contribution in [0.15, 0.2) is 0 Å². The van der Waals surface area contributed by atoms with Gasteiger partial charge in [0.2, 0.25) is 0 Å². The van der Waals surface area contributed by atoms with E-state index in [0.29, 0.717) is 24.9 Å². The molecule has 0 spiro atoms. The average Bonchev–Trinajstić information content (AvgIpc) is 1.82. The van der Waals surface area contributed by atoms with Crippen LogP contribution in [0.2, 0.25) is 0 Å². The molecule has 0 unspecified atom stereocenters. The fraction of sp³-hybridized carbons (Fsp3) is 1.00. The lowest BCUT2D eigenvalue weighted by molar-refractivity contribution is 0.225. The van der Waals surface area contributed by atoms with Crippen LogP contribution in [0.4, 0.5) is 0 Å². The molecule has 1 aliphatic rings. The maximum absolute atomic E-state index is 11.0. The first-order valence-electron chi connectivity index (χ1n) is 4.09. The summed E-state index contributed by atoms with van der Waals surface area (Å²) < 4.78 is 23.3. The van der Waals surface area contributed by atoms with Crippen molar-refractivity contribution in [3.05, 3.63) is 0 Å². The molecule has 0 saturated carbocycles. The van der Waals surface area contributed by atoms with Crippen molar-refractivity contribution in [1.82, 2.24) is 4.31 Å². The molecule has 0 aromatic rings. The van der Waals surface area contributed by atoms with E-state index in [4.69, 9.17) is 10.7 Å². The summed E-state index contributed by atoms with van der Waals surface area (Å²) in [5.41, 5.74) is 0. The Morgan fingerprint density at radius 1 is 1.25 bits per heavy atom. The normalized spacial score (nSPS) is 33.6. The number of hydrogen-bond acceptors (Lipinski definition) is 2. The van der Waals surface area contributed by atoms with Crippen molar-refractivity contribution < 1.29 is 8.42 Å². The SMILES string of the molecule is C[C@@H]1C[C@@H](C)CN(S(=O)(=O)Cl)C1. The third-order valence-electron chi connectivity index (χ3n) is 2.14. The van der Waals surface area contributed by atoms with Gasteiger partial charge in [-0.25, -0.2) is 0 Å². The maximum atomic E-state index is 11.0. The van der Waals surface area contributed by atoms with E-state index in [0.717, 1.165) is 6.42 Å². The zero-order valence-corrected chi connectivity index (χ0v) is 8.90. The summed E-state index contributed by atoms with van der Waals surface area (Å²) in [7, 11) is 1.75. The first-order valence-corrected chi connectivity index (χ1v) is 6.36. The van der Waals surface area contributed by atoms with Gasteiger partial charge < -0.3 is 0 Å². The first kappa shape index (κ1) is 10.3. The van der Waals surface area contributed by atoms with Crippen molar-refractivity contribution in [2.24, 2.45) is 11.8 Å². The minimum atomic E-state index is -3.49. The van der Waals surface area contributed by atoms with Gasteiger partial charge in [0.1, 0.15) is 0 Å². The Kier molecular flexibility index (Phi) is 3.01. The molecular formula is C7H14ClNO2S. The molecule has 5 heteroatoms. The molecule has 0 aromatic heterocycles. The summed E-state index contributed by atoms with van der Waals surface area (Å²) in [5, 5.41) is 0. The van der Waals surface area contributed by atoms with Crippen LogP contribution in [0, 0.1) is 11.8 Å². The van der Waals surface area contributed by atoms with Crippen LogP contribution < -0.4 is 0 Å². The zero-order valence-electron chi connectivity index (χ0n) is 7.33. The van der Waals surface area contributed by atoms with Gasteiger partial charge in [-0.15, -0.1) is 0 Å². The second-order valence-corrected chi connectivity index (χ2v) is 6.22. The van der Waals surface area contributed by atoms with Crippen LogP contribution in [-0.2, 0) is 9.24 Å². The van der Waals surface area contributed by atoms with E-state index in [2.05, 4.69) is 0 Å². The molecule has 72 valence electrons. The summed E-state index contributed by atoms with van der Waals surface area (Å²) >= 11 is 0. The molecule has 1 aliphatic heterocycles. The summed E-state index contributed by atoms with van der Waals surface area (Å²) in [6.07, 6.45) is 1.09. The van der Waals surface area contributed by atoms with Gasteiger partial charge in [0.05, 0.1) is 0 Å². The van der Waals surface area contributed by atoms with E-state index in [-0.39, 0.29) is 0 Å². The molecule has 2 atom stereocenters. The van der Waals surface area contributed by atoms with Gasteiger partial charge in [-0.2, -0.15) is 12.7 Å². The molecule has 0 aliphatic carbocycles. The lowest BCUT2D eigenvalue weighted by atomic mass is 9.94. The Balaban J connectivity index is 2.68. The Hall–Kier alpha value is 0.200. The summed E-state index contributed by atoms with van der Waals surface area (Å²) in [6, 6.07) is 0. The van der Waals surface area contributed by atoms with Crippen LogP contribution >= 0.6 is 10.7 Å². The monoisotopic (exact) mass is 211 g/mol. The molecule has 12 heavy (non-hydrogen) atoms. The number of hydrogen-bond donors (Lipinski definition) is 0. The van der Waals surface area contributed by atoms with Gasteiger partial charge in [0, 0.05) is 23.8 Å². The second kappa shape index (κ2) is 3.52. The van der Waals surface area contributed by atoms with E-state index in [1.807, 2.05) is 13.8 Å². The van der Waals surface area contributed by atoms with Gasteiger partial charge in [0.15, 0.2) is 0 Å². The highest BCUT2D eigenvalue weighted by Crippen LogP contribution is 2.24. The Morgan fingerprint density at radius 3 is 2.00 bits per heavy atom. The Bertz CT molecular complexity index is 242. The van der Waals surface area contributed by atoms with E-state index < -0.39 is 9.24 Å². The van der Waals surface area contributed by atoms with Crippen LogP contribution in [-0.4, -0.2) is 25.8 Å². The first-order chi connectivity index (χ1) is 5.39. The van der Waals surface area contributed by atoms with Crippen molar-refractivity contribution >= 4 is 19.9 Å². The predicted octanol–water partition coefficient (Wildman–Crippen LogP) is 1.45. The van der Waals surface area contributed by atoms with E-state index in [1.54, 1.807) is 0 Å². The molecule has 3 nitrogen and oxygen atoms in total. The van der Waals surface area contributed by atoms with Crippen LogP contribution in [0.25, 0.3) is 0 Å². The molecule has 1 heterocycles. The Morgan fingerprint density at radius 2 is 1.67 bits per heavy atom. The van der Waals surface area contributed by atoms with Crippen molar-refractivity contribution in [3.63, 3.8) is 0 Å². The van der Waals surface area contributed by atoms with E-state index >= 15 is 0 Å². The smallest absolute Gasteiger partial charge is 0.195 e. The molecule has 1 rings (SSSR count). The van der Waals surface area contributed by atoms with Crippen LogP contribution in [0.3, 0.4) is 0 Å². The highest BCUT2D eigenvalue weighted by atomic mass is 35.7. The number of halogens is 1. The molecule has 0 amide bonds. The van der Waals surface area contributed by atoms with Gasteiger partial charge >= 0.3 is 0 Å². The highest BCUT2D eigenvalue weighted by molar-refractivity contribution is 8.11. The van der Waals surface area contributed by atoms with Crippen molar-refractivity contribution in [1.29, 1.82) is 0 Å². The van der Waals surface area contributed by atoms with Gasteiger partial charge in [-0.1, -0.05) is 13.8 Å². The quantitative estimate of drug-likeness (QED) is 0.616. The predicted molar refractivity (Wildman–Crippen MR) is 49.3 cm³/mol. The zero-order chi connectivity index (χ0) is 9.35. The van der Waals surface area contributed by atoms with Gasteiger partial charge in [-0.05, 0) is 18.3 Å². The van der Waals surface area contributed by atoms with E-state index in [9.17, 15) is 8.42 Å². The number of rotatable bonds is 1. The largest absolute Gasteiger partial charge is 0.299 e. The Labute approximate surface area is 78.3 Å². The van der Waals surface area contributed by atoms with Gasteiger partial charge in [0.25, 0.3) is 9.24 Å². The van der Waals surface area contributed by atoms with E-state index in [1.165, 1.54) is 4.31 Å². The second-order valence-electron chi connectivity index (χ2n) is 3.71. The fourth-order valence-electron chi connectivity index (χ4n) is 1.78. The van der Waals surface area contributed by atoms with Gasteiger partial charge in [-0.3, -0.25) is 0 Å². The lowest BCUT2D eigenvalue weighted by Gasteiger charge is -2.31. The lowest BCUT2D eigenvalue weighted by Crippen LogP contribution is -2.40. The molecule has 1 saturated heterocycles. The molecule has 0 bridgehead atoms. The fourth-order valence-corrected chi connectivity index (χ4v) is 2.99. The summed E-state index contributed by atoms with van der Waals surface area (Å²) in [5.74, 6) is 0.838. The molecule has 1 fully saturated rings. The molecule has 0 radical (unpaired) electrons. The maximum Gasteiger partial charge on any atom is 0.299 e. The number of piperidine rings is 1. The molecule has 0 aromatic carbocycles.